The normalized spacial score (nSPS) is 29.8. The molecule has 0 aromatic carbocycles. The Morgan fingerprint density at radius 3 is 2.79 bits per heavy atom. The number of ether oxygens (including phenoxy) is 1. The van der Waals surface area contributed by atoms with Crippen molar-refractivity contribution in [3.63, 3.8) is 0 Å². The Labute approximate surface area is 88.0 Å². The lowest BCUT2D eigenvalue weighted by atomic mass is 9.93. The molecule has 0 bridgehead atoms. The van der Waals surface area contributed by atoms with Gasteiger partial charge in [0, 0.05) is 6.04 Å². The first-order valence-electron chi connectivity index (χ1n) is 5.52. The number of likely N-dealkylation sites (tertiary alicyclic amines) is 1. The molecule has 1 aliphatic rings. The van der Waals surface area contributed by atoms with E-state index in [0.29, 0.717) is 6.04 Å². The highest BCUT2D eigenvalue weighted by atomic mass is 16.5. The number of nitrogens with zero attached hydrogens (tertiary/aromatic N) is 2. The van der Waals surface area contributed by atoms with Crippen molar-refractivity contribution < 1.29 is 4.74 Å². The summed E-state index contributed by atoms with van der Waals surface area (Å²) in [6, 6.07) is 0.624. The molecule has 0 aliphatic carbocycles. The second kappa shape index (κ2) is 5.69. The largest absolute Gasteiger partial charge is 0.364 e. The van der Waals surface area contributed by atoms with E-state index in [1.165, 1.54) is 19.4 Å². The molecule has 2 unspecified atom stereocenters. The maximum Gasteiger partial charge on any atom is 0.0986 e. The summed E-state index contributed by atoms with van der Waals surface area (Å²) in [4.78, 5) is 4.49. The van der Waals surface area contributed by atoms with E-state index < -0.39 is 0 Å². The van der Waals surface area contributed by atoms with Crippen LogP contribution in [0.2, 0.25) is 0 Å². The van der Waals surface area contributed by atoms with Crippen LogP contribution in [0.15, 0.2) is 0 Å². The van der Waals surface area contributed by atoms with Crippen molar-refractivity contribution in [2.75, 3.05) is 41.0 Å². The SMILES string of the molecule is CC1CCN(C)C(COCN(C)C)C1. The van der Waals surface area contributed by atoms with Gasteiger partial charge in [0.1, 0.15) is 0 Å². The van der Waals surface area contributed by atoms with Crippen LogP contribution in [0, 0.1) is 5.92 Å². The number of likely N-dealkylation sites (N-methyl/N-ethyl adjacent to an activating group) is 1. The standard InChI is InChI=1S/C11H24N2O/c1-10-5-6-13(4)11(7-10)8-14-9-12(2)3/h10-11H,5-9H2,1-4H3. The summed E-state index contributed by atoms with van der Waals surface area (Å²) < 4.78 is 5.64. The van der Waals surface area contributed by atoms with Crippen molar-refractivity contribution in [2.24, 2.45) is 5.92 Å². The van der Waals surface area contributed by atoms with Crippen LogP contribution >= 0.6 is 0 Å². The molecule has 1 saturated heterocycles. The average molecular weight is 200 g/mol. The van der Waals surface area contributed by atoms with E-state index in [1.54, 1.807) is 0 Å². The summed E-state index contributed by atoms with van der Waals surface area (Å²) in [7, 11) is 6.27. The molecular formula is C11H24N2O. The molecular weight excluding hydrogens is 176 g/mol. The quantitative estimate of drug-likeness (QED) is 0.635. The zero-order chi connectivity index (χ0) is 10.6. The van der Waals surface area contributed by atoms with E-state index in [4.69, 9.17) is 4.74 Å². The number of piperidine rings is 1. The highest BCUT2D eigenvalue weighted by Crippen LogP contribution is 2.20. The molecule has 0 spiro atoms. The number of hydrogen-bond donors (Lipinski definition) is 0. The second-order valence-electron chi connectivity index (χ2n) is 4.84. The molecule has 3 nitrogen and oxygen atoms in total. The summed E-state index contributed by atoms with van der Waals surface area (Å²) in [6.45, 7) is 5.17. The van der Waals surface area contributed by atoms with E-state index in [0.717, 1.165) is 19.3 Å². The molecule has 3 heteroatoms. The van der Waals surface area contributed by atoms with Crippen molar-refractivity contribution in [3.8, 4) is 0 Å². The van der Waals surface area contributed by atoms with Gasteiger partial charge < -0.3 is 9.64 Å². The van der Waals surface area contributed by atoms with E-state index in [1.807, 2.05) is 14.1 Å². The Morgan fingerprint density at radius 2 is 2.14 bits per heavy atom. The van der Waals surface area contributed by atoms with Crippen LogP contribution in [-0.4, -0.2) is 56.9 Å². The fourth-order valence-electron chi connectivity index (χ4n) is 1.94. The van der Waals surface area contributed by atoms with Gasteiger partial charge in [0.15, 0.2) is 0 Å². The topological polar surface area (TPSA) is 15.7 Å². The summed E-state index contributed by atoms with van der Waals surface area (Å²) >= 11 is 0. The van der Waals surface area contributed by atoms with Crippen LogP contribution in [0.1, 0.15) is 19.8 Å². The van der Waals surface area contributed by atoms with Crippen LogP contribution in [0.4, 0.5) is 0 Å². The monoisotopic (exact) mass is 200 g/mol. The third-order valence-electron chi connectivity index (χ3n) is 2.93. The molecule has 0 amide bonds. The highest BCUT2D eigenvalue weighted by molar-refractivity contribution is 4.77. The smallest absolute Gasteiger partial charge is 0.0986 e. The van der Waals surface area contributed by atoms with Gasteiger partial charge in [0.25, 0.3) is 0 Å². The summed E-state index contributed by atoms with van der Waals surface area (Å²) in [6.07, 6.45) is 2.62. The van der Waals surface area contributed by atoms with Crippen LogP contribution in [0.5, 0.6) is 0 Å². The van der Waals surface area contributed by atoms with Gasteiger partial charge in [-0.15, -0.1) is 0 Å². The number of rotatable bonds is 4. The first kappa shape index (κ1) is 12.0. The molecule has 0 radical (unpaired) electrons. The van der Waals surface area contributed by atoms with Gasteiger partial charge >= 0.3 is 0 Å². The molecule has 0 aromatic heterocycles. The summed E-state index contributed by atoms with van der Waals surface area (Å²) in [5.41, 5.74) is 0. The molecule has 1 heterocycles. The molecule has 14 heavy (non-hydrogen) atoms. The maximum atomic E-state index is 5.64. The minimum atomic E-state index is 0.624. The molecule has 1 fully saturated rings. The first-order valence-corrected chi connectivity index (χ1v) is 5.52. The Kier molecular flexibility index (Phi) is 4.85. The lowest BCUT2D eigenvalue weighted by Crippen LogP contribution is -2.42. The highest BCUT2D eigenvalue weighted by Gasteiger charge is 2.23. The fourth-order valence-corrected chi connectivity index (χ4v) is 1.94. The van der Waals surface area contributed by atoms with E-state index in [9.17, 15) is 0 Å². The Balaban J connectivity index is 2.20. The Morgan fingerprint density at radius 1 is 1.43 bits per heavy atom. The van der Waals surface area contributed by atoms with E-state index in [-0.39, 0.29) is 0 Å². The molecule has 0 aromatic rings. The predicted molar refractivity (Wildman–Crippen MR) is 59.3 cm³/mol. The van der Waals surface area contributed by atoms with Crippen LogP contribution < -0.4 is 0 Å². The third-order valence-corrected chi connectivity index (χ3v) is 2.93. The van der Waals surface area contributed by atoms with E-state index >= 15 is 0 Å². The van der Waals surface area contributed by atoms with Crippen LogP contribution in [0.25, 0.3) is 0 Å². The lowest BCUT2D eigenvalue weighted by molar-refractivity contribution is 0.00251. The molecule has 0 saturated carbocycles. The molecule has 84 valence electrons. The summed E-state index contributed by atoms with van der Waals surface area (Å²) in [5, 5.41) is 0. The van der Waals surface area contributed by atoms with Gasteiger partial charge in [-0.05, 0) is 46.4 Å². The van der Waals surface area contributed by atoms with Crippen molar-refractivity contribution in [1.29, 1.82) is 0 Å². The molecule has 1 rings (SSSR count). The van der Waals surface area contributed by atoms with Gasteiger partial charge in [-0.3, -0.25) is 4.90 Å². The fraction of sp³-hybridized carbons (Fsp3) is 1.00. The zero-order valence-electron chi connectivity index (χ0n) is 9.99. The van der Waals surface area contributed by atoms with Gasteiger partial charge in [0.05, 0.1) is 13.3 Å². The Bertz CT molecular complexity index is 161. The first-order chi connectivity index (χ1) is 6.59. The maximum absolute atomic E-state index is 5.64. The average Bonchev–Trinajstić information content (AvgIpc) is 2.10. The zero-order valence-corrected chi connectivity index (χ0v) is 9.99. The molecule has 2 atom stereocenters. The Hall–Kier alpha value is -0.120. The van der Waals surface area contributed by atoms with Gasteiger partial charge in [-0.2, -0.15) is 0 Å². The minimum absolute atomic E-state index is 0.624. The number of hydrogen-bond acceptors (Lipinski definition) is 3. The van der Waals surface area contributed by atoms with Gasteiger partial charge in [-0.1, -0.05) is 6.92 Å². The lowest BCUT2D eigenvalue weighted by Gasteiger charge is -2.35. The molecule has 1 aliphatic heterocycles. The van der Waals surface area contributed by atoms with Gasteiger partial charge in [0.2, 0.25) is 0 Å². The predicted octanol–water partition coefficient (Wildman–Crippen LogP) is 1.25. The van der Waals surface area contributed by atoms with Crippen LogP contribution in [0.3, 0.4) is 0 Å². The third kappa shape index (κ3) is 3.95. The van der Waals surface area contributed by atoms with Crippen molar-refractivity contribution >= 4 is 0 Å². The van der Waals surface area contributed by atoms with Crippen molar-refractivity contribution in [1.82, 2.24) is 9.80 Å². The van der Waals surface area contributed by atoms with Crippen molar-refractivity contribution in [2.45, 2.75) is 25.8 Å². The summed E-state index contributed by atoms with van der Waals surface area (Å²) in [5.74, 6) is 0.860. The minimum Gasteiger partial charge on any atom is -0.364 e. The van der Waals surface area contributed by atoms with Crippen molar-refractivity contribution in [3.05, 3.63) is 0 Å². The van der Waals surface area contributed by atoms with Gasteiger partial charge in [-0.25, -0.2) is 0 Å². The molecule has 0 N–H and O–H groups in total. The van der Waals surface area contributed by atoms with E-state index in [2.05, 4.69) is 23.8 Å². The van der Waals surface area contributed by atoms with Crippen LogP contribution in [-0.2, 0) is 4.74 Å². The second-order valence-corrected chi connectivity index (χ2v) is 4.84.